The van der Waals surface area contributed by atoms with Crippen molar-refractivity contribution in [1.29, 1.82) is 0 Å². The lowest BCUT2D eigenvalue weighted by atomic mass is 9.97. The summed E-state index contributed by atoms with van der Waals surface area (Å²) in [5.74, 6) is 3.81. The fraction of sp³-hybridized carbons (Fsp3) is 0.222. The second-order valence-electron chi connectivity index (χ2n) is 2.84. The molecule has 0 saturated heterocycles. The van der Waals surface area contributed by atoms with Crippen LogP contribution in [0, 0.1) is 0 Å². The normalized spacial score (nSPS) is 14.7. The van der Waals surface area contributed by atoms with E-state index in [1.165, 1.54) is 6.92 Å². The van der Waals surface area contributed by atoms with E-state index in [0.717, 1.165) is 0 Å². The first kappa shape index (κ1) is 9.70. The molecule has 0 heterocycles. The number of aliphatic hydroxyl groups is 1. The third-order valence-electron chi connectivity index (χ3n) is 1.84. The Morgan fingerprint density at radius 2 is 2.00 bits per heavy atom. The Kier molecular flexibility index (Phi) is 2.65. The molecule has 0 aliphatic heterocycles. The summed E-state index contributed by atoms with van der Waals surface area (Å²) in [5.41, 5.74) is -1.24. The zero-order valence-corrected chi connectivity index (χ0v) is 7.23. The smallest absolute Gasteiger partial charge is 0.360 e. The van der Waals surface area contributed by atoms with Gasteiger partial charge in [0, 0.05) is 0 Å². The van der Waals surface area contributed by atoms with E-state index in [-0.39, 0.29) is 0 Å². The molecule has 4 nitrogen and oxygen atoms in total. The van der Waals surface area contributed by atoms with Crippen molar-refractivity contribution in [2.45, 2.75) is 12.5 Å². The van der Waals surface area contributed by atoms with Gasteiger partial charge in [0.15, 0.2) is 5.60 Å². The first-order chi connectivity index (χ1) is 6.09. The van der Waals surface area contributed by atoms with Gasteiger partial charge in [-0.1, -0.05) is 30.3 Å². The van der Waals surface area contributed by atoms with Gasteiger partial charge in [0.2, 0.25) is 0 Å². The van der Waals surface area contributed by atoms with Crippen LogP contribution in [0.25, 0.3) is 0 Å². The molecule has 0 unspecified atom stereocenters. The largest absolute Gasteiger partial charge is 0.374 e. The van der Waals surface area contributed by atoms with Gasteiger partial charge in [0.05, 0.1) is 0 Å². The Hall–Kier alpha value is -1.39. The van der Waals surface area contributed by atoms with Crippen molar-refractivity contribution in [3.8, 4) is 0 Å². The standard InChI is InChI=1S/C9H11NO3/c1-9(12,8(11)13-10)7-5-3-2-4-6-7/h2-6,12H,10H2,1H3/t9-/m1/s1. The Bertz CT molecular complexity index is 295. The fourth-order valence-electron chi connectivity index (χ4n) is 0.995. The summed E-state index contributed by atoms with van der Waals surface area (Å²) in [6.07, 6.45) is 0. The highest BCUT2D eigenvalue weighted by Crippen LogP contribution is 2.20. The van der Waals surface area contributed by atoms with E-state index in [0.29, 0.717) is 5.56 Å². The Labute approximate surface area is 75.9 Å². The quantitative estimate of drug-likeness (QED) is 0.644. The Balaban J connectivity index is 3.00. The highest BCUT2D eigenvalue weighted by Gasteiger charge is 2.33. The maximum Gasteiger partial charge on any atom is 0.360 e. The van der Waals surface area contributed by atoms with Gasteiger partial charge in [0.1, 0.15) is 0 Å². The van der Waals surface area contributed by atoms with Crippen molar-refractivity contribution < 1.29 is 14.7 Å². The van der Waals surface area contributed by atoms with E-state index in [1.54, 1.807) is 30.3 Å². The van der Waals surface area contributed by atoms with Gasteiger partial charge in [-0.3, -0.25) is 0 Å². The molecule has 1 rings (SSSR count). The highest BCUT2D eigenvalue weighted by atomic mass is 16.7. The summed E-state index contributed by atoms with van der Waals surface area (Å²) in [6, 6.07) is 8.46. The average Bonchev–Trinajstić information content (AvgIpc) is 2.18. The molecular weight excluding hydrogens is 170 g/mol. The predicted octanol–water partition coefficient (Wildman–Crippen LogP) is 0.311. The molecule has 0 amide bonds. The second-order valence-corrected chi connectivity index (χ2v) is 2.84. The molecule has 0 radical (unpaired) electrons. The van der Waals surface area contributed by atoms with Gasteiger partial charge in [-0.15, -0.1) is 0 Å². The topological polar surface area (TPSA) is 72.5 Å². The molecule has 0 fully saturated rings. The summed E-state index contributed by atoms with van der Waals surface area (Å²) in [4.78, 5) is 15.0. The fourth-order valence-corrected chi connectivity index (χ4v) is 0.995. The first-order valence-electron chi connectivity index (χ1n) is 3.78. The van der Waals surface area contributed by atoms with Crippen LogP contribution in [0.1, 0.15) is 12.5 Å². The lowest BCUT2D eigenvalue weighted by molar-refractivity contribution is -0.165. The number of carbonyl (C=O) groups is 1. The van der Waals surface area contributed by atoms with Gasteiger partial charge < -0.3 is 9.94 Å². The molecule has 1 aromatic carbocycles. The summed E-state index contributed by atoms with van der Waals surface area (Å²) >= 11 is 0. The number of rotatable bonds is 2. The first-order valence-corrected chi connectivity index (χ1v) is 3.78. The third kappa shape index (κ3) is 1.85. The van der Waals surface area contributed by atoms with Crippen molar-refractivity contribution >= 4 is 5.97 Å². The molecule has 3 N–H and O–H groups in total. The maximum absolute atomic E-state index is 11.0. The second kappa shape index (κ2) is 3.55. The summed E-state index contributed by atoms with van der Waals surface area (Å²) in [6.45, 7) is 1.33. The van der Waals surface area contributed by atoms with Gasteiger partial charge in [-0.05, 0) is 12.5 Å². The molecule has 1 aromatic rings. The van der Waals surface area contributed by atoms with Crippen LogP contribution < -0.4 is 5.90 Å². The van der Waals surface area contributed by atoms with Crippen LogP contribution in [-0.4, -0.2) is 11.1 Å². The van der Waals surface area contributed by atoms with Gasteiger partial charge in [-0.2, -0.15) is 5.90 Å². The molecule has 0 aliphatic carbocycles. The molecular formula is C9H11NO3. The number of nitrogens with two attached hydrogens (primary N) is 1. The molecule has 70 valence electrons. The van der Waals surface area contributed by atoms with Crippen LogP contribution in [0.3, 0.4) is 0 Å². The molecule has 0 saturated carbocycles. The van der Waals surface area contributed by atoms with E-state index in [2.05, 4.69) is 10.7 Å². The van der Waals surface area contributed by atoms with Crippen LogP contribution in [0.4, 0.5) is 0 Å². The minimum absolute atomic E-state index is 0.449. The van der Waals surface area contributed by atoms with E-state index in [4.69, 9.17) is 0 Å². The number of hydrogen-bond acceptors (Lipinski definition) is 4. The third-order valence-corrected chi connectivity index (χ3v) is 1.84. The van der Waals surface area contributed by atoms with E-state index >= 15 is 0 Å². The van der Waals surface area contributed by atoms with Gasteiger partial charge in [-0.25, -0.2) is 4.79 Å². The molecule has 1 atom stereocenters. The molecule has 0 aromatic heterocycles. The SMILES string of the molecule is C[C@](O)(C(=O)ON)c1ccccc1. The molecule has 0 aliphatic rings. The zero-order valence-electron chi connectivity index (χ0n) is 7.23. The molecule has 0 spiro atoms. The monoisotopic (exact) mass is 181 g/mol. The summed E-state index contributed by atoms with van der Waals surface area (Å²) < 4.78 is 0. The Morgan fingerprint density at radius 1 is 1.46 bits per heavy atom. The van der Waals surface area contributed by atoms with E-state index in [9.17, 15) is 9.90 Å². The van der Waals surface area contributed by atoms with Crippen molar-refractivity contribution in [2.24, 2.45) is 5.90 Å². The van der Waals surface area contributed by atoms with Crippen LogP contribution in [-0.2, 0) is 15.2 Å². The zero-order chi connectivity index (χ0) is 9.90. The highest BCUT2D eigenvalue weighted by molar-refractivity contribution is 5.80. The number of benzene rings is 1. The predicted molar refractivity (Wildman–Crippen MR) is 46.3 cm³/mol. The molecule has 13 heavy (non-hydrogen) atoms. The lowest BCUT2D eigenvalue weighted by Crippen LogP contribution is -2.35. The van der Waals surface area contributed by atoms with Gasteiger partial charge >= 0.3 is 5.97 Å². The molecule has 0 bridgehead atoms. The van der Waals surface area contributed by atoms with Crippen molar-refractivity contribution in [2.75, 3.05) is 0 Å². The van der Waals surface area contributed by atoms with E-state index < -0.39 is 11.6 Å². The number of hydrogen-bond donors (Lipinski definition) is 2. The van der Waals surface area contributed by atoms with Crippen LogP contribution in [0.15, 0.2) is 30.3 Å². The lowest BCUT2D eigenvalue weighted by Gasteiger charge is -2.19. The van der Waals surface area contributed by atoms with Gasteiger partial charge in [0.25, 0.3) is 0 Å². The van der Waals surface area contributed by atoms with Crippen LogP contribution in [0.5, 0.6) is 0 Å². The number of carbonyl (C=O) groups excluding carboxylic acids is 1. The maximum atomic E-state index is 11.0. The summed E-state index contributed by atoms with van der Waals surface area (Å²) in [7, 11) is 0. The Morgan fingerprint density at radius 3 is 2.46 bits per heavy atom. The van der Waals surface area contributed by atoms with Crippen LogP contribution >= 0.6 is 0 Å². The minimum Gasteiger partial charge on any atom is -0.374 e. The van der Waals surface area contributed by atoms with E-state index in [1.807, 2.05) is 0 Å². The average molecular weight is 181 g/mol. The van der Waals surface area contributed by atoms with Crippen molar-refractivity contribution in [1.82, 2.24) is 0 Å². The molecule has 4 heteroatoms. The van der Waals surface area contributed by atoms with Crippen molar-refractivity contribution in [3.63, 3.8) is 0 Å². The van der Waals surface area contributed by atoms with Crippen LogP contribution in [0.2, 0.25) is 0 Å². The minimum atomic E-state index is -1.68. The van der Waals surface area contributed by atoms with Crippen molar-refractivity contribution in [3.05, 3.63) is 35.9 Å². The summed E-state index contributed by atoms with van der Waals surface area (Å²) in [5, 5.41) is 9.70.